The number of nitrogens with zero attached hydrogens (tertiary/aromatic N) is 2. The number of carbonyl (C=O) groups is 1. The van der Waals surface area contributed by atoms with E-state index in [1.807, 2.05) is 5.41 Å². The maximum Gasteiger partial charge on any atom is 0.225 e. The molecule has 88 valence electrons. The molecule has 0 aromatic carbocycles. The van der Waals surface area contributed by atoms with Crippen LogP contribution in [-0.2, 0) is 4.79 Å². The van der Waals surface area contributed by atoms with Crippen molar-refractivity contribution in [3.8, 4) is 0 Å². The molecular weight excluding hydrogens is 222 g/mol. The molecule has 16 heavy (non-hydrogen) atoms. The summed E-state index contributed by atoms with van der Waals surface area (Å²) in [7, 11) is 0. The highest BCUT2D eigenvalue weighted by atomic mass is 32.2. The van der Waals surface area contributed by atoms with Crippen LogP contribution in [0.2, 0.25) is 0 Å². The van der Waals surface area contributed by atoms with Gasteiger partial charge in [-0.15, -0.1) is 0 Å². The number of carbonyl (C=O) groups excluding carboxylic acids is 1. The van der Waals surface area contributed by atoms with Gasteiger partial charge in [-0.05, 0) is 11.3 Å². The van der Waals surface area contributed by atoms with Crippen molar-refractivity contribution in [2.24, 2.45) is 10.9 Å². The Labute approximate surface area is 100 Å². The van der Waals surface area contributed by atoms with E-state index >= 15 is 0 Å². The van der Waals surface area contributed by atoms with Gasteiger partial charge in [-0.1, -0.05) is 25.6 Å². The van der Waals surface area contributed by atoms with Gasteiger partial charge < -0.3 is 10.2 Å². The van der Waals surface area contributed by atoms with E-state index in [1.165, 1.54) is 0 Å². The van der Waals surface area contributed by atoms with E-state index in [0.717, 1.165) is 30.5 Å². The normalized spacial score (nSPS) is 18.6. The Morgan fingerprint density at radius 3 is 3.25 bits per heavy atom. The van der Waals surface area contributed by atoms with Crippen LogP contribution in [-0.4, -0.2) is 35.6 Å². The Bertz CT molecular complexity index is 349. The molecule has 0 aromatic rings. The second kappa shape index (κ2) is 4.91. The molecule has 0 saturated heterocycles. The quantitative estimate of drug-likeness (QED) is 0.806. The van der Waals surface area contributed by atoms with Crippen LogP contribution in [0.4, 0.5) is 0 Å². The van der Waals surface area contributed by atoms with E-state index in [2.05, 4.69) is 29.1 Å². The minimum absolute atomic E-state index is 0.105. The minimum Gasteiger partial charge on any atom is -0.356 e. The smallest absolute Gasteiger partial charge is 0.225 e. The van der Waals surface area contributed by atoms with Crippen LogP contribution in [0.15, 0.2) is 16.1 Å². The lowest BCUT2D eigenvalue weighted by Gasteiger charge is -2.16. The fraction of sp³-hybridized carbons (Fsp3) is 0.636. The summed E-state index contributed by atoms with van der Waals surface area (Å²) in [6, 6.07) is 0. The molecular formula is C11H17N3OS. The molecule has 2 rings (SSSR count). The number of amidine groups is 1. The monoisotopic (exact) mass is 239 g/mol. The summed E-state index contributed by atoms with van der Waals surface area (Å²) in [5.74, 6) is 0.605. The summed E-state index contributed by atoms with van der Waals surface area (Å²) in [5.41, 5.74) is 1.09. The molecule has 0 saturated carbocycles. The van der Waals surface area contributed by atoms with Crippen LogP contribution < -0.4 is 5.32 Å². The molecule has 0 unspecified atom stereocenters. The van der Waals surface area contributed by atoms with E-state index in [-0.39, 0.29) is 5.91 Å². The summed E-state index contributed by atoms with van der Waals surface area (Å²) in [6.07, 6.45) is 0.471. The van der Waals surface area contributed by atoms with Gasteiger partial charge in [0.25, 0.3) is 0 Å². The first kappa shape index (κ1) is 11.5. The zero-order chi connectivity index (χ0) is 11.5. The third-order valence-electron chi connectivity index (χ3n) is 2.50. The summed E-state index contributed by atoms with van der Waals surface area (Å²) in [5, 5.41) is 6.02. The summed E-state index contributed by atoms with van der Waals surface area (Å²) >= 11 is 1.62. The standard InChI is InChI=1S/C11H17N3OS/c1-8(2)6-13-10(15)5-9-7-16-11-12-3-4-14(9)11/h7-8H,3-6H2,1-2H3,(H,13,15). The first-order valence-corrected chi connectivity index (χ1v) is 6.49. The molecule has 4 nitrogen and oxygen atoms in total. The topological polar surface area (TPSA) is 44.7 Å². The van der Waals surface area contributed by atoms with Gasteiger partial charge in [0.1, 0.15) is 0 Å². The summed E-state index contributed by atoms with van der Waals surface area (Å²) in [6.45, 7) is 6.71. The molecule has 1 amide bonds. The molecule has 0 fully saturated rings. The van der Waals surface area contributed by atoms with Gasteiger partial charge in [-0.3, -0.25) is 9.79 Å². The third-order valence-corrected chi connectivity index (χ3v) is 3.45. The maximum absolute atomic E-state index is 11.7. The van der Waals surface area contributed by atoms with E-state index in [9.17, 15) is 4.79 Å². The summed E-state index contributed by atoms with van der Waals surface area (Å²) in [4.78, 5) is 18.2. The molecule has 0 aromatic heterocycles. The minimum atomic E-state index is 0.105. The Hall–Kier alpha value is -0.970. The zero-order valence-electron chi connectivity index (χ0n) is 9.69. The molecule has 2 aliphatic heterocycles. The first-order valence-electron chi connectivity index (χ1n) is 5.61. The number of hydrogen-bond acceptors (Lipinski definition) is 4. The highest BCUT2D eigenvalue weighted by molar-refractivity contribution is 8.16. The second-order valence-electron chi connectivity index (χ2n) is 4.42. The van der Waals surface area contributed by atoms with Gasteiger partial charge in [0, 0.05) is 18.8 Å². The average Bonchev–Trinajstić information content (AvgIpc) is 2.80. The van der Waals surface area contributed by atoms with Crippen molar-refractivity contribution in [3.63, 3.8) is 0 Å². The Balaban J connectivity index is 1.82. The van der Waals surface area contributed by atoms with Crippen molar-refractivity contribution in [1.29, 1.82) is 0 Å². The van der Waals surface area contributed by atoms with Crippen LogP contribution in [0.5, 0.6) is 0 Å². The van der Waals surface area contributed by atoms with E-state index in [0.29, 0.717) is 12.3 Å². The van der Waals surface area contributed by atoms with Crippen LogP contribution in [0.3, 0.4) is 0 Å². The Morgan fingerprint density at radius 1 is 1.69 bits per heavy atom. The van der Waals surface area contributed by atoms with Crippen LogP contribution in [0.1, 0.15) is 20.3 Å². The lowest BCUT2D eigenvalue weighted by Crippen LogP contribution is -2.30. The highest BCUT2D eigenvalue weighted by Crippen LogP contribution is 2.30. The van der Waals surface area contributed by atoms with Crippen LogP contribution in [0, 0.1) is 5.92 Å². The Kier molecular flexibility index (Phi) is 3.53. The Morgan fingerprint density at radius 2 is 2.50 bits per heavy atom. The van der Waals surface area contributed by atoms with Crippen molar-refractivity contribution in [2.45, 2.75) is 20.3 Å². The number of aliphatic imine (C=N–C) groups is 1. The fourth-order valence-corrected chi connectivity index (χ4v) is 2.61. The second-order valence-corrected chi connectivity index (χ2v) is 5.25. The third kappa shape index (κ3) is 2.58. The lowest BCUT2D eigenvalue weighted by atomic mass is 10.2. The van der Waals surface area contributed by atoms with Gasteiger partial charge in [0.05, 0.1) is 13.0 Å². The molecule has 0 atom stereocenters. The molecule has 0 radical (unpaired) electrons. The molecule has 0 spiro atoms. The highest BCUT2D eigenvalue weighted by Gasteiger charge is 2.27. The molecule has 0 bridgehead atoms. The van der Waals surface area contributed by atoms with Gasteiger partial charge >= 0.3 is 0 Å². The number of nitrogens with one attached hydrogen (secondary N) is 1. The zero-order valence-corrected chi connectivity index (χ0v) is 10.5. The average molecular weight is 239 g/mol. The maximum atomic E-state index is 11.7. The molecule has 5 heteroatoms. The van der Waals surface area contributed by atoms with Crippen molar-refractivity contribution < 1.29 is 4.79 Å². The van der Waals surface area contributed by atoms with E-state index in [1.54, 1.807) is 11.8 Å². The van der Waals surface area contributed by atoms with Crippen LogP contribution >= 0.6 is 11.8 Å². The van der Waals surface area contributed by atoms with Crippen molar-refractivity contribution >= 4 is 22.8 Å². The predicted molar refractivity (Wildman–Crippen MR) is 67.1 cm³/mol. The summed E-state index contributed by atoms with van der Waals surface area (Å²) < 4.78 is 0. The molecule has 2 aliphatic rings. The van der Waals surface area contributed by atoms with E-state index < -0.39 is 0 Å². The number of rotatable bonds is 4. The van der Waals surface area contributed by atoms with Crippen molar-refractivity contribution in [1.82, 2.24) is 10.2 Å². The van der Waals surface area contributed by atoms with E-state index in [4.69, 9.17) is 0 Å². The van der Waals surface area contributed by atoms with Crippen LogP contribution in [0.25, 0.3) is 0 Å². The SMILES string of the molecule is CC(C)CNC(=O)CC1=CSC2=NCCN12. The fourth-order valence-electron chi connectivity index (χ4n) is 1.66. The largest absolute Gasteiger partial charge is 0.356 e. The number of amides is 1. The molecule has 0 aliphatic carbocycles. The first-order chi connectivity index (χ1) is 7.66. The molecule has 2 heterocycles. The number of hydrogen-bond donors (Lipinski definition) is 1. The van der Waals surface area contributed by atoms with Gasteiger partial charge in [0.15, 0.2) is 5.17 Å². The predicted octanol–water partition coefficient (Wildman–Crippen LogP) is 1.41. The lowest BCUT2D eigenvalue weighted by molar-refractivity contribution is -0.120. The number of thioether (sulfide) groups is 1. The molecule has 1 N–H and O–H groups in total. The van der Waals surface area contributed by atoms with Crippen molar-refractivity contribution in [2.75, 3.05) is 19.6 Å². The number of fused-ring (bicyclic) bond motifs is 1. The van der Waals surface area contributed by atoms with Crippen molar-refractivity contribution in [3.05, 3.63) is 11.1 Å². The van der Waals surface area contributed by atoms with Gasteiger partial charge in [-0.2, -0.15) is 0 Å². The van der Waals surface area contributed by atoms with Gasteiger partial charge in [-0.25, -0.2) is 0 Å². The van der Waals surface area contributed by atoms with Gasteiger partial charge in [0.2, 0.25) is 5.91 Å².